The molecule has 1 saturated heterocycles. The molecule has 2 aromatic rings. The highest BCUT2D eigenvalue weighted by Crippen LogP contribution is 2.27. The molecule has 0 aromatic heterocycles. The first-order valence-corrected chi connectivity index (χ1v) is 9.65. The van der Waals surface area contributed by atoms with Gasteiger partial charge in [-0.25, -0.2) is 0 Å². The fraction of sp³-hybridized carbons (Fsp3) is 0.348. The maximum Gasteiger partial charge on any atom is 0.244 e. The van der Waals surface area contributed by atoms with Crippen molar-refractivity contribution in [1.82, 2.24) is 5.32 Å². The van der Waals surface area contributed by atoms with Crippen molar-refractivity contribution in [2.24, 2.45) is 5.92 Å². The third-order valence-corrected chi connectivity index (χ3v) is 5.49. The Morgan fingerprint density at radius 3 is 2.36 bits per heavy atom. The normalized spacial score (nSPS) is 22.6. The van der Waals surface area contributed by atoms with Crippen LogP contribution in [0, 0.1) is 5.92 Å². The highest BCUT2D eigenvalue weighted by atomic mass is 16.2. The summed E-state index contributed by atoms with van der Waals surface area (Å²) in [5.74, 6) is -2.42. The highest BCUT2D eigenvalue weighted by Gasteiger charge is 2.52. The zero-order valence-electron chi connectivity index (χ0n) is 16.5. The maximum atomic E-state index is 12.9. The number of hydrogen-bond acceptors (Lipinski definition) is 3. The fourth-order valence-electron chi connectivity index (χ4n) is 3.56. The van der Waals surface area contributed by atoms with Gasteiger partial charge in [0.25, 0.3) is 0 Å². The van der Waals surface area contributed by atoms with Crippen LogP contribution in [0.2, 0.25) is 0 Å². The molecule has 2 aromatic carbocycles. The first-order chi connectivity index (χ1) is 13.3. The Balaban J connectivity index is 1.71. The van der Waals surface area contributed by atoms with E-state index in [9.17, 15) is 14.4 Å². The van der Waals surface area contributed by atoms with E-state index < -0.39 is 29.1 Å². The molecule has 0 radical (unpaired) electrons. The lowest BCUT2D eigenvalue weighted by molar-refractivity contribution is -0.135. The van der Waals surface area contributed by atoms with Gasteiger partial charge < -0.3 is 10.6 Å². The molecular weight excluding hydrogens is 352 g/mol. The van der Waals surface area contributed by atoms with Gasteiger partial charge in [-0.3, -0.25) is 14.4 Å². The second-order valence-electron chi connectivity index (χ2n) is 7.70. The lowest BCUT2D eigenvalue weighted by Gasteiger charge is -2.22. The van der Waals surface area contributed by atoms with E-state index in [4.69, 9.17) is 0 Å². The smallest absolute Gasteiger partial charge is 0.244 e. The largest absolute Gasteiger partial charge is 0.342 e. The summed E-state index contributed by atoms with van der Waals surface area (Å²) in [4.78, 5) is 38.0. The molecule has 146 valence electrons. The number of carbonyl (C=O) groups is 3. The standard InChI is InChI=1S/C23H26N2O3/c1-4-15(2)17-10-12-18(13-11-17)24-21(27)19-20(26)23(3,25-22(19)28)14-16-8-6-5-7-9-16/h5-13,15,19H,4,14H2,1-3H3,(H,24,27)(H,25,28). The molecule has 5 heteroatoms. The first kappa shape index (κ1) is 19.8. The van der Waals surface area contributed by atoms with E-state index in [0.29, 0.717) is 18.0 Å². The Kier molecular flexibility index (Phi) is 5.63. The molecular formula is C23H26N2O3. The van der Waals surface area contributed by atoms with Gasteiger partial charge in [0, 0.05) is 12.1 Å². The Bertz CT molecular complexity index is 876. The molecule has 2 amide bonds. The van der Waals surface area contributed by atoms with Crippen LogP contribution in [0.3, 0.4) is 0 Å². The monoisotopic (exact) mass is 378 g/mol. The zero-order chi connectivity index (χ0) is 20.3. The summed E-state index contributed by atoms with van der Waals surface area (Å²) in [5.41, 5.74) is 1.61. The maximum absolute atomic E-state index is 12.9. The van der Waals surface area contributed by atoms with Crippen LogP contribution in [0.5, 0.6) is 0 Å². The number of rotatable bonds is 6. The quantitative estimate of drug-likeness (QED) is 0.756. The summed E-state index contributed by atoms with van der Waals surface area (Å²) >= 11 is 0. The molecule has 3 atom stereocenters. The van der Waals surface area contributed by atoms with Crippen LogP contribution >= 0.6 is 0 Å². The van der Waals surface area contributed by atoms with Crippen molar-refractivity contribution in [2.75, 3.05) is 5.32 Å². The van der Waals surface area contributed by atoms with Gasteiger partial charge in [0.05, 0.1) is 0 Å². The molecule has 2 N–H and O–H groups in total. The molecule has 3 unspecified atom stereocenters. The Hall–Kier alpha value is -2.95. The van der Waals surface area contributed by atoms with Crippen LogP contribution in [-0.4, -0.2) is 23.1 Å². The topological polar surface area (TPSA) is 75.3 Å². The van der Waals surface area contributed by atoms with Crippen molar-refractivity contribution in [1.29, 1.82) is 0 Å². The average Bonchev–Trinajstić information content (AvgIpc) is 2.90. The van der Waals surface area contributed by atoms with Crippen LogP contribution in [0.25, 0.3) is 0 Å². The molecule has 1 aliphatic heterocycles. The molecule has 5 nitrogen and oxygen atoms in total. The molecule has 1 fully saturated rings. The minimum atomic E-state index is -1.33. The number of anilines is 1. The van der Waals surface area contributed by atoms with E-state index in [1.165, 1.54) is 5.56 Å². The molecule has 3 rings (SSSR count). The van der Waals surface area contributed by atoms with Crippen LogP contribution in [0.4, 0.5) is 5.69 Å². The van der Waals surface area contributed by atoms with Gasteiger partial charge >= 0.3 is 0 Å². The van der Waals surface area contributed by atoms with Gasteiger partial charge in [-0.15, -0.1) is 0 Å². The van der Waals surface area contributed by atoms with Crippen molar-refractivity contribution in [3.63, 3.8) is 0 Å². The van der Waals surface area contributed by atoms with E-state index in [0.717, 1.165) is 12.0 Å². The van der Waals surface area contributed by atoms with E-state index in [1.807, 2.05) is 42.5 Å². The Labute approximate surface area is 165 Å². The number of amides is 2. The number of carbonyl (C=O) groups excluding carboxylic acids is 3. The highest BCUT2D eigenvalue weighted by molar-refractivity contribution is 6.27. The molecule has 0 saturated carbocycles. The third kappa shape index (κ3) is 3.98. The second kappa shape index (κ2) is 7.97. The van der Waals surface area contributed by atoms with Crippen molar-refractivity contribution in [3.8, 4) is 0 Å². The molecule has 0 aliphatic carbocycles. The number of nitrogens with one attached hydrogen (secondary N) is 2. The van der Waals surface area contributed by atoms with Gasteiger partial charge in [-0.2, -0.15) is 0 Å². The summed E-state index contributed by atoms with van der Waals surface area (Å²) < 4.78 is 0. The number of hydrogen-bond donors (Lipinski definition) is 2. The Morgan fingerprint density at radius 2 is 1.75 bits per heavy atom. The molecule has 0 bridgehead atoms. The summed E-state index contributed by atoms with van der Waals surface area (Å²) in [5, 5.41) is 5.44. The average molecular weight is 378 g/mol. The van der Waals surface area contributed by atoms with E-state index in [1.54, 1.807) is 19.1 Å². The van der Waals surface area contributed by atoms with E-state index in [2.05, 4.69) is 24.5 Å². The minimum absolute atomic E-state index is 0.353. The minimum Gasteiger partial charge on any atom is -0.342 e. The van der Waals surface area contributed by atoms with Crippen molar-refractivity contribution >= 4 is 23.3 Å². The first-order valence-electron chi connectivity index (χ1n) is 9.65. The van der Waals surface area contributed by atoms with Gasteiger partial charge in [-0.1, -0.05) is 56.3 Å². The van der Waals surface area contributed by atoms with E-state index >= 15 is 0 Å². The molecule has 1 aliphatic rings. The summed E-state index contributed by atoms with van der Waals surface area (Å²) in [6.07, 6.45) is 1.38. The molecule has 1 heterocycles. The van der Waals surface area contributed by atoms with Gasteiger partial charge in [0.15, 0.2) is 11.7 Å². The fourth-order valence-corrected chi connectivity index (χ4v) is 3.56. The predicted octanol–water partition coefficient (Wildman–Crippen LogP) is 3.46. The van der Waals surface area contributed by atoms with E-state index in [-0.39, 0.29) is 0 Å². The van der Waals surface area contributed by atoms with Gasteiger partial charge in [-0.05, 0) is 42.5 Å². The predicted molar refractivity (Wildman–Crippen MR) is 109 cm³/mol. The van der Waals surface area contributed by atoms with Crippen LogP contribution < -0.4 is 10.6 Å². The molecule has 0 spiro atoms. The van der Waals surface area contributed by atoms with Gasteiger partial charge in [0.1, 0.15) is 5.54 Å². The lowest BCUT2D eigenvalue weighted by atomic mass is 9.86. The van der Waals surface area contributed by atoms with Crippen molar-refractivity contribution < 1.29 is 14.4 Å². The van der Waals surface area contributed by atoms with Crippen molar-refractivity contribution in [3.05, 3.63) is 65.7 Å². The summed E-state index contributed by atoms with van der Waals surface area (Å²) in [7, 11) is 0. The van der Waals surface area contributed by atoms with Crippen LogP contribution in [0.15, 0.2) is 54.6 Å². The number of ketones is 1. The SMILES string of the molecule is CCC(C)c1ccc(NC(=O)C2C(=O)NC(C)(Cc3ccccc3)C2=O)cc1. The second-order valence-corrected chi connectivity index (χ2v) is 7.70. The zero-order valence-corrected chi connectivity index (χ0v) is 16.5. The number of benzene rings is 2. The molecule has 28 heavy (non-hydrogen) atoms. The third-order valence-electron chi connectivity index (χ3n) is 5.49. The van der Waals surface area contributed by atoms with Gasteiger partial charge in [0.2, 0.25) is 11.8 Å². The van der Waals surface area contributed by atoms with Crippen molar-refractivity contribution in [2.45, 2.75) is 45.1 Å². The lowest BCUT2D eigenvalue weighted by Crippen LogP contribution is -2.45. The van der Waals surface area contributed by atoms with Crippen LogP contribution in [0.1, 0.15) is 44.2 Å². The summed E-state index contributed by atoms with van der Waals surface area (Å²) in [6.45, 7) is 5.94. The Morgan fingerprint density at radius 1 is 1.11 bits per heavy atom. The van der Waals surface area contributed by atoms with Crippen LogP contribution in [-0.2, 0) is 20.8 Å². The summed E-state index contributed by atoms with van der Waals surface area (Å²) in [6, 6.07) is 17.0. The number of Topliss-reactive ketones (excluding diaryl/α,β-unsaturated/α-hetero) is 1.